The van der Waals surface area contributed by atoms with Crippen molar-refractivity contribution in [1.29, 1.82) is 0 Å². The van der Waals surface area contributed by atoms with Crippen LogP contribution in [0.5, 0.6) is 0 Å². The van der Waals surface area contributed by atoms with E-state index in [2.05, 4.69) is 179 Å². The highest BCUT2D eigenvalue weighted by Crippen LogP contribution is 2.43. The van der Waals surface area contributed by atoms with Crippen LogP contribution in [-0.2, 0) is 0 Å². The summed E-state index contributed by atoms with van der Waals surface area (Å²) in [4.78, 5) is 8.47. The van der Waals surface area contributed by atoms with E-state index in [-0.39, 0.29) is 0 Å². The average Bonchev–Trinajstić information content (AvgIpc) is 3.69. The van der Waals surface area contributed by atoms with Crippen molar-refractivity contribution in [2.45, 2.75) is 0 Å². The maximum Gasteiger partial charge on any atom is 0.124 e. The van der Waals surface area contributed by atoms with E-state index in [1.54, 1.807) is 11.3 Å². The fourth-order valence-electron chi connectivity index (χ4n) is 7.29. The van der Waals surface area contributed by atoms with Crippen LogP contribution in [0.3, 0.4) is 0 Å². The first kappa shape index (κ1) is 27.8. The quantitative estimate of drug-likeness (QED) is 0.186. The Balaban J connectivity index is 1.19. The van der Waals surface area contributed by atoms with Gasteiger partial charge in [-0.1, -0.05) is 103 Å². The third-order valence-electron chi connectivity index (χ3n) is 9.60. The van der Waals surface area contributed by atoms with Gasteiger partial charge in [0.25, 0.3) is 0 Å². The summed E-state index contributed by atoms with van der Waals surface area (Å²) in [5, 5.41) is 7.36. The van der Waals surface area contributed by atoms with E-state index in [9.17, 15) is 0 Å². The summed E-state index contributed by atoms with van der Waals surface area (Å²) < 4.78 is 3.62. The topological polar surface area (TPSA) is 21.1 Å². The summed E-state index contributed by atoms with van der Waals surface area (Å²) in [7, 11) is 0. The molecule has 0 spiro atoms. The second kappa shape index (κ2) is 11.2. The molecule has 0 saturated carbocycles. The number of rotatable bonds is 5. The van der Waals surface area contributed by atoms with Crippen LogP contribution >= 0.6 is 11.3 Å². The number of thiophene rings is 1. The summed E-state index contributed by atoms with van der Waals surface area (Å²) in [6, 6.07) is 61.1. The van der Waals surface area contributed by atoms with E-state index in [1.165, 1.54) is 59.2 Å². The highest BCUT2D eigenvalue weighted by Gasteiger charge is 2.19. The number of hydrogen-bond acceptors (Lipinski definition) is 3. The number of para-hydroxylation sites is 2. The predicted octanol–water partition coefficient (Wildman–Crippen LogP) is 12.8. The molecule has 49 heavy (non-hydrogen) atoms. The van der Waals surface area contributed by atoms with Crippen LogP contribution in [-0.4, -0.2) is 9.55 Å². The van der Waals surface area contributed by atoms with Gasteiger partial charge in [0.15, 0.2) is 0 Å². The molecule has 0 unspecified atom stereocenters. The Morgan fingerprint density at radius 1 is 0.449 bits per heavy atom. The van der Waals surface area contributed by atoms with Gasteiger partial charge in [-0.15, -0.1) is 11.3 Å². The Labute approximate surface area is 287 Å². The van der Waals surface area contributed by atoms with Gasteiger partial charge < -0.3 is 9.47 Å². The minimum Gasteiger partial charge on any atom is -0.309 e. The number of benzene rings is 7. The molecule has 230 valence electrons. The minimum absolute atomic E-state index is 1.03. The maximum atomic E-state index is 5.07. The number of nitrogens with zero attached hydrogens (tertiary/aromatic N) is 3. The van der Waals surface area contributed by atoms with Crippen LogP contribution in [0.2, 0.25) is 0 Å². The highest BCUT2D eigenvalue weighted by atomic mass is 32.1. The molecule has 3 aromatic heterocycles. The molecule has 0 aliphatic carbocycles. The Morgan fingerprint density at radius 2 is 1.08 bits per heavy atom. The van der Waals surface area contributed by atoms with Crippen molar-refractivity contribution in [3.05, 3.63) is 176 Å². The molecule has 3 nitrogen and oxygen atoms in total. The van der Waals surface area contributed by atoms with Crippen LogP contribution in [0, 0.1) is 0 Å². The summed E-state index contributed by atoms with van der Waals surface area (Å²) in [6.45, 7) is 0. The molecular formula is C45H29N3S. The monoisotopic (exact) mass is 643 g/mol. The Bertz CT molecular complexity index is 2820. The van der Waals surface area contributed by atoms with Gasteiger partial charge >= 0.3 is 0 Å². The molecule has 3 heterocycles. The van der Waals surface area contributed by atoms with E-state index < -0.39 is 0 Å². The molecule has 0 aliphatic heterocycles. The van der Waals surface area contributed by atoms with Crippen molar-refractivity contribution >= 4 is 81.3 Å². The Hall–Kier alpha value is -6.23. The molecule has 0 atom stereocenters. The summed E-state index contributed by atoms with van der Waals surface area (Å²) >= 11 is 1.76. The summed E-state index contributed by atoms with van der Waals surface area (Å²) in [5.41, 5.74) is 9.12. The number of hydrogen-bond donors (Lipinski definition) is 0. The lowest BCUT2D eigenvalue weighted by molar-refractivity contribution is 1.18. The molecule has 10 rings (SSSR count). The molecular weight excluding hydrogens is 615 g/mol. The van der Waals surface area contributed by atoms with Gasteiger partial charge in [-0.2, -0.15) is 0 Å². The van der Waals surface area contributed by atoms with Crippen molar-refractivity contribution in [3.63, 3.8) is 0 Å². The lowest BCUT2D eigenvalue weighted by Gasteiger charge is -2.26. The van der Waals surface area contributed by atoms with Crippen LogP contribution in [0.4, 0.5) is 17.1 Å². The Kier molecular flexibility index (Phi) is 6.36. The fourth-order valence-corrected chi connectivity index (χ4v) is 8.35. The zero-order valence-corrected chi connectivity index (χ0v) is 27.3. The van der Waals surface area contributed by atoms with E-state index in [0.29, 0.717) is 0 Å². The first-order valence-corrected chi connectivity index (χ1v) is 17.4. The van der Waals surface area contributed by atoms with Crippen LogP contribution in [0.15, 0.2) is 176 Å². The number of aromatic nitrogens is 2. The largest absolute Gasteiger partial charge is 0.309 e. The van der Waals surface area contributed by atoms with Gasteiger partial charge in [-0.05, 0) is 88.6 Å². The van der Waals surface area contributed by atoms with Crippen molar-refractivity contribution in [3.8, 4) is 16.8 Å². The van der Waals surface area contributed by atoms with Crippen LogP contribution in [0.25, 0.3) is 69.7 Å². The smallest absolute Gasteiger partial charge is 0.124 e. The molecule has 10 aromatic rings. The third-order valence-corrected chi connectivity index (χ3v) is 10.7. The van der Waals surface area contributed by atoms with Gasteiger partial charge in [0.1, 0.15) is 4.83 Å². The van der Waals surface area contributed by atoms with E-state index in [0.717, 1.165) is 27.6 Å². The lowest BCUT2D eigenvalue weighted by Crippen LogP contribution is -2.10. The summed E-state index contributed by atoms with van der Waals surface area (Å²) in [6.07, 6.45) is 2.03. The molecule has 0 saturated heterocycles. The van der Waals surface area contributed by atoms with Crippen LogP contribution < -0.4 is 4.90 Å². The average molecular weight is 644 g/mol. The molecule has 7 aromatic carbocycles. The van der Waals surface area contributed by atoms with Crippen molar-refractivity contribution in [2.24, 2.45) is 0 Å². The number of fused-ring (bicyclic) bond motifs is 7. The second-order valence-electron chi connectivity index (χ2n) is 12.5. The van der Waals surface area contributed by atoms with Crippen LogP contribution in [0.1, 0.15) is 0 Å². The van der Waals surface area contributed by atoms with Crippen molar-refractivity contribution in [2.75, 3.05) is 4.90 Å². The highest BCUT2D eigenvalue weighted by molar-refractivity contribution is 7.25. The number of anilines is 3. The molecule has 0 radical (unpaired) electrons. The van der Waals surface area contributed by atoms with Gasteiger partial charge in [0, 0.05) is 43.3 Å². The van der Waals surface area contributed by atoms with Gasteiger partial charge in [-0.25, -0.2) is 4.98 Å². The molecule has 4 heteroatoms. The van der Waals surface area contributed by atoms with E-state index in [4.69, 9.17) is 4.98 Å². The number of pyridine rings is 1. The van der Waals surface area contributed by atoms with Gasteiger partial charge in [-0.3, -0.25) is 0 Å². The Morgan fingerprint density at radius 3 is 1.90 bits per heavy atom. The van der Waals surface area contributed by atoms with Crippen molar-refractivity contribution in [1.82, 2.24) is 9.55 Å². The zero-order chi connectivity index (χ0) is 32.3. The summed E-state index contributed by atoms with van der Waals surface area (Å²) in [5.74, 6) is 0. The molecule has 0 aliphatic rings. The molecule has 0 amide bonds. The zero-order valence-electron chi connectivity index (χ0n) is 26.5. The third kappa shape index (κ3) is 4.61. The standard InChI is InChI=1S/C45H29N3S/c1-3-11-30(12-4-1)31-19-21-35(22-20-31)47(37-28-41-40-25-32-13-7-8-14-33(32)26-44(40)49-45(41)46-29-37)36-23-24-43-39(27-36)38-17-9-10-18-42(38)48(43)34-15-5-2-6-16-34/h1-29H. The first-order valence-electron chi connectivity index (χ1n) is 16.5. The maximum absolute atomic E-state index is 5.07. The molecule has 0 N–H and O–H groups in total. The van der Waals surface area contributed by atoms with Gasteiger partial charge in [0.2, 0.25) is 0 Å². The SMILES string of the molecule is c1ccc(-c2ccc(N(c3cnc4sc5cc6ccccc6cc5c4c3)c3ccc4c(c3)c3ccccc3n4-c3ccccc3)cc2)cc1. The lowest BCUT2D eigenvalue weighted by atomic mass is 10.0. The molecule has 0 bridgehead atoms. The second-order valence-corrected chi connectivity index (χ2v) is 13.5. The van der Waals surface area contributed by atoms with E-state index in [1.807, 2.05) is 6.20 Å². The molecule has 0 fully saturated rings. The van der Waals surface area contributed by atoms with E-state index >= 15 is 0 Å². The first-order chi connectivity index (χ1) is 24.3. The van der Waals surface area contributed by atoms with Crippen molar-refractivity contribution < 1.29 is 0 Å². The predicted molar refractivity (Wildman–Crippen MR) is 209 cm³/mol. The minimum atomic E-state index is 1.03. The normalized spacial score (nSPS) is 11.7. The van der Waals surface area contributed by atoms with Gasteiger partial charge in [0.05, 0.1) is 22.9 Å². The fraction of sp³-hybridized carbons (Fsp3) is 0.